The lowest BCUT2D eigenvalue weighted by Crippen LogP contribution is -2.15. The molecule has 0 spiro atoms. The molecule has 1 heterocycles. The molecule has 6 heteroatoms. The van der Waals surface area contributed by atoms with E-state index in [4.69, 9.17) is 9.47 Å². The molecule has 5 nitrogen and oxygen atoms in total. The van der Waals surface area contributed by atoms with Crippen molar-refractivity contribution in [3.8, 4) is 11.5 Å². The van der Waals surface area contributed by atoms with Gasteiger partial charge in [-0.2, -0.15) is 0 Å². The largest absolute Gasteiger partial charge is 0.493 e. The highest BCUT2D eigenvalue weighted by atomic mass is 32.1. The molecular formula is C20H20N2O3S. The molecule has 26 heavy (non-hydrogen) atoms. The Morgan fingerprint density at radius 1 is 1.08 bits per heavy atom. The summed E-state index contributed by atoms with van der Waals surface area (Å²) in [6.45, 7) is 0.272. The lowest BCUT2D eigenvalue weighted by molar-refractivity contribution is -0.116. The predicted molar refractivity (Wildman–Crippen MR) is 103 cm³/mol. The van der Waals surface area contributed by atoms with Crippen molar-refractivity contribution in [2.45, 2.75) is 12.8 Å². The van der Waals surface area contributed by atoms with Crippen molar-refractivity contribution in [2.75, 3.05) is 19.0 Å². The summed E-state index contributed by atoms with van der Waals surface area (Å²) in [6.07, 6.45) is 2.86. The number of nitrogens with zero attached hydrogens (tertiary/aromatic N) is 1. The average Bonchev–Trinajstić information content (AvgIpc) is 3.09. The zero-order chi connectivity index (χ0) is 18.2. The summed E-state index contributed by atoms with van der Waals surface area (Å²) >= 11 is 1.49. The van der Waals surface area contributed by atoms with Gasteiger partial charge in [0.2, 0.25) is 5.91 Å². The second kappa shape index (κ2) is 9.01. The Bertz CT molecular complexity index is 849. The van der Waals surface area contributed by atoms with Crippen molar-refractivity contribution in [1.29, 1.82) is 0 Å². The van der Waals surface area contributed by atoms with Crippen LogP contribution in [0.3, 0.4) is 0 Å². The highest BCUT2D eigenvalue weighted by molar-refractivity contribution is 7.15. The SMILES string of the molecule is COc1ccccc1OCCC(=O)Nc1ncc(Cc2ccccc2)s1. The topological polar surface area (TPSA) is 60.5 Å². The number of ether oxygens (including phenoxy) is 2. The summed E-state index contributed by atoms with van der Waals surface area (Å²) in [5.41, 5.74) is 1.22. The van der Waals surface area contributed by atoms with Crippen molar-refractivity contribution < 1.29 is 14.3 Å². The van der Waals surface area contributed by atoms with E-state index in [0.29, 0.717) is 16.6 Å². The van der Waals surface area contributed by atoms with Crippen LogP contribution in [0, 0.1) is 0 Å². The minimum absolute atomic E-state index is 0.125. The van der Waals surface area contributed by atoms with Gasteiger partial charge in [0.15, 0.2) is 16.6 Å². The molecule has 0 bridgehead atoms. The first-order chi connectivity index (χ1) is 12.7. The zero-order valence-corrected chi connectivity index (χ0v) is 15.3. The van der Waals surface area contributed by atoms with Crippen LogP contribution in [-0.2, 0) is 11.2 Å². The normalized spacial score (nSPS) is 10.3. The second-order valence-corrected chi connectivity index (χ2v) is 6.71. The van der Waals surface area contributed by atoms with Crippen LogP contribution in [0.1, 0.15) is 16.9 Å². The summed E-state index contributed by atoms with van der Waals surface area (Å²) in [5, 5.41) is 3.43. The van der Waals surface area contributed by atoms with Crippen LogP contribution in [-0.4, -0.2) is 24.6 Å². The first kappa shape index (κ1) is 17.9. The fourth-order valence-corrected chi connectivity index (χ4v) is 3.28. The Labute approximate surface area is 156 Å². The number of hydrogen-bond acceptors (Lipinski definition) is 5. The Kier molecular flexibility index (Phi) is 6.22. The third-order valence-electron chi connectivity index (χ3n) is 3.68. The maximum Gasteiger partial charge on any atom is 0.229 e. The number of anilines is 1. The van der Waals surface area contributed by atoms with E-state index in [-0.39, 0.29) is 18.9 Å². The smallest absolute Gasteiger partial charge is 0.229 e. The lowest BCUT2D eigenvalue weighted by Gasteiger charge is -2.09. The molecule has 1 aromatic heterocycles. The minimum Gasteiger partial charge on any atom is -0.493 e. The van der Waals surface area contributed by atoms with Crippen molar-refractivity contribution in [1.82, 2.24) is 4.98 Å². The quantitative estimate of drug-likeness (QED) is 0.649. The van der Waals surface area contributed by atoms with Gasteiger partial charge in [-0.1, -0.05) is 42.5 Å². The molecule has 0 aliphatic carbocycles. The number of methoxy groups -OCH3 is 1. The van der Waals surface area contributed by atoms with Gasteiger partial charge in [-0.25, -0.2) is 4.98 Å². The highest BCUT2D eigenvalue weighted by Crippen LogP contribution is 2.26. The first-order valence-electron chi connectivity index (χ1n) is 8.29. The van der Waals surface area contributed by atoms with Crippen molar-refractivity contribution in [3.63, 3.8) is 0 Å². The standard InChI is InChI=1S/C20H20N2O3S/c1-24-17-9-5-6-10-18(17)25-12-11-19(23)22-20-21-14-16(26-20)13-15-7-3-2-4-8-15/h2-10,14H,11-13H2,1H3,(H,21,22,23). The predicted octanol–water partition coefficient (Wildman–Crippen LogP) is 4.15. The molecule has 0 saturated carbocycles. The molecule has 3 rings (SSSR count). The molecule has 1 amide bonds. The van der Waals surface area contributed by atoms with E-state index in [9.17, 15) is 4.79 Å². The molecule has 0 atom stereocenters. The summed E-state index contributed by atoms with van der Waals surface area (Å²) in [7, 11) is 1.59. The molecule has 0 unspecified atom stereocenters. The number of thiazole rings is 1. The van der Waals surface area contributed by atoms with E-state index in [1.54, 1.807) is 13.3 Å². The molecule has 2 aromatic carbocycles. The van der Waals surface area contributed by atoms with Gasteiger partial charge in [0.05, 0.1) is 20.1 Å². The van der Waals surface area contributed by atoms with Gasteiger partial charge in [0.1, 0.15) is 0 Å². The van der Waals surface area contributed by atoms with Crippen LogP contribution in [0.25, 0.3) is 0 Å². The fraction of sp³-hybridized carbons (Fsp3) is 0.200. The van der Waals surface area contributed by atoms with E-state index in [1.165, 1.54) is 16.9 Å². The summed E-state index contributed by atoms with van der Waals surface area (Å²) < 4.78 is 10.8. The molecule has 0 aliphatic rings. The Hall–Kier alpha value is -2.86. The summed E-state index contributed by atoms with van der Waals surface area (Å²) in [4.78, 5) is 17.4. The van der Waals surface area contributed by atoms with E-state index in [2.05, 4.69) is 22.4 Å². The number of rotatable bonds is 8. The lowest BCUT2D eigenvalue weighted by atomic mass is 10.1. The zero-order valence-electron chi connectivity index (χ0n) is 14.5. The van der Waals surface area contributed by atoms with E-state index < -0.39 is 0 Å². The maximum absolute atomic E-state index is 12.1. The Balaban J connectivity index is 1.46. The van der Waals surface area contributed by atoms with Gasteiger partial charge < -0.3 is 14.8 Å². The molecule has 0 aliphatic heterocycles. The second-order valence-electron chi connectivity index (χ2n) is 5.59. The van der Waals surface area contributed by atoms with Gasteiger partial charge in [0, 0.05) is 17.5 Å². The monoisotopic (exact) mass is 368 g/mol. The van der Waals surface area contributed by atoms with E-state index >= 15 is 0 Å². The van der Waals surface area contributed by atoms with Crippen molar-refractivity contribution in [3.05, 3.63) is 71.2 Å². The molecule has 3 aromatic rings. The van der Waals surface area contributed by atoms with Crippen LogP contribution in [0.5, 0.6) is 11.5 Å². The van der Waals surface area contributed by atoms with Gasteiger partial charge in [-0.05, 0) is 17.7 Å². The van der Waals surface area contributed by atoms with Gasteiger partial charge in [0.25, 0.3) is 0 Å². The van der Waals surface area contributed by atoms with Crippen LogP contribution in [0.4, 0.5) is 5.13 Å². The van der Waals surface area contributed by atoms with E-state index in [0.717, 1.165) is 11.3 Å². The van der Waals surface area contributed by atoms with Crippen molar-refractivity contribution >= 4 is 22.4 Å². The molecule has 0 saturated heterocycles. The molecule has 0 fully saturated rings. The fourth-order valence-electron chi connectivity index (χ4n) is 2.42. The number of aromatic nitrogens is 1. The van der Waals surface area contributed by atoms with Gasteiger partial charge in [-0.15, -0.1) is 11.3 Å². The summed E-state index contributed by atoms with van der Waals surface area (Å²) in [6, 6.07) is 17.5. The number of carbonyl (C=O) groups is 1. The number of carbonyl (C=O) groups excluding carboxylic acids is 1. The van der Waals surface area contributed by atoms with Crippen molar-refractivity contribution in [2.24, 2.45) is 0 Å². The van der Waals surface area contributed by atoms with Crippen LogP contribution in [0.2, 0.25) is 0 Å². The molecule has 0 radical (unpaired) electrons. The third kappa shape index (κ3) is 5.07. The van der Waals surface area contributed by atoms with Crippen LogP contribution < -0.4 is 14.8 Å². The number of nitrogens with one attached hydrogen (secondary N) is 1. The number of amides is 1. The first-order valence-corrected chi connectivity index (χ1v) is 9.10. The number of para-hydroxylation sites is 2. The average molecular weight is 368 g/mol. The minimum atomic E-state index is -0.125. The third-order valence-corrected chi connectivity index (χ3v) is 4.59. The van der Waals surface area contributed by atoms with Gasteiger partial charge >= 0.3 is 0 Å². The Morgan fingerprint density at radius 3 is 2.58 bits per heavy atom. The number of hydrogen-bond donors (Lipinski definition) is 1. The molecular weight excluding hydrogens is 348 g/mol. The van der Waals surface area contributed by atoms with Crippen LogP contribution >= 0.6 is 11.3 Å². The summed E-state index contributed by atoms with van der Waals surface area (Å²) in [5.74, 6) is 1.15. The molecule has 134 valence electrons. The molecule has 1 N–H and O–H groups in total. The maximum atomic E-state index is 12.1. The highest BCUT2D eigenvalue weighted by Gasteiger charge is 2.09. The number of benzene rings is 2. The van der Waals surface area contributed by atoms with Crippen LogP contribution in [0.15, 0.2) is 60.8 Å². The Morgan fingerprint density at radius 2 is 1.81 bits per heavy atom. The van der Waals surface area contributed by atoms with Gasteiger partial charge in [-0.3, -0.25) is 4.79 Å². The van der Waals surface area contributed by atoms with E-state index in [1.807, 2.05) is 42.5 Å².